The largest absolute Gasteiger partial charge is 0.316 e. The van der Waals surface area contributed by atoms with E-state index in [9.17, 15) is 4.79 Å². The Labute approximate surface area is 96.0 Å². The molecule has 16 heavy (non-hydrogen) atoms. The van der Waals surface area contributed by atoms with E-state index in [-0.39, 0.29) is 5.92 Å². The summed E-state index contributed by atoms with van der Waals surface area (Å²) in [5.74, 6) is 0.557. The van der Waals surface area contributed by atoms with Gasteiger partial charge in [0.05, 0.1) is 6.20 Å². The lowest BCUT2D eigenvalue weighted by atomic mass is 9.92. The number of rotatable bonds is 4. The summed E-state index contributed by atoms with van der Waals surface area (Å²) in [6.45, 7) is 4.81. The van der Waals surface area contributed by atoms with Crippen LogP contribution < -0.4 is 5.32 Å². The lowest BCUT2D eigenvalue weighted by Crippen LogP contribution is -2.35. The number of carbonyl (C=O) groups is 1. The van der Waals surface area contributed by atoms with Crippen LogP contribution in [-0.2, 0) is 17.8 Å². The maximum absolute atomic E-state index is 12.0. The second-order valence-electron chi connectivity index (χ2n) is 4.39. The summed E-state index contributed by atoms with van der Waals surface area (Å²) >= 11 is 0. The van der Waals surface area contributed by atoms with Crippen LogP contribution in [0.25, 0.3) is 0 Å². The molecular weight excluding hydrogens is 202 g/mol. The molecule has 0 bridgehead atoms. The van der Waals surface area contributed by atoms with Gasteiger partial charge < -0.3 is 5.32 Å². The summed E-state index contributed by atoms with van der Waals surface area (Å²) in [4.78, 5) is 12.0. The fraction of sp³-hybridized carbons (Fsp3) is 0.667. The number of aryl methyl sites for hydroxylation is 1. The van der Waals surface area contributed by atoms with E-state index in [0.29, 0.717) is 12.2 Å². The van der Waals surface area contributed by atoms with Crippen LogP contribution in [0.1, 0.15) is 25.3 Å². The summed E-state index contributed by atoms with van der Waals surface area (Å²) in [6.07, 6.45) is 6.45. The van der Waals surface area contributed by atoms with E-state index in [1.54, 1.807) is 6.20 Å². The molecule has 88 valence electrons. The van der Waals surface area contributed by atoms with Gasteiger partial charge in [-0.2, -0.15) is 5.10 Å². The lowest BCUT2D eigenvalue weighted by molar-refractivity contribution is -0.122. The number of Topliss-reactive ketones (excluding diaryl/α,β-unsaturated/α-hetero) is 1. The van der Waals surface area contributed by atoms with Crippen molar-refractivity contribution in [3.05, 3.63) is 18.0 Å². The molecule has 0 saturated carbocycles. The van der Waals surface area contributed by atoms with Crippen LogP contribution in [-0.4, -0.2) is 28.7 Å². The molecule has 1 aliphatic rings. The highest BCUT2D eigenvalue weighted by molar-refractivity contribution is 5.83. The van der Waals surface area contributed by atoms with Crippen LogP contribution >= 0.6 is 0 Å². The first-order valence-electron chi connectivity index (χ1n) is 6.04. The molecule has 0 aromatic carbocycles. The maximum atomic E-state index is 12.0. The standard InChI is InChI=1S/C12H19N3O/c1-2-15-9-10(7-14-15)6-12(16)11-4-3-5-13-8-11/h7,9,11,13H,2-6,8H2,1H3. The molecule has 2 heterocycles. The van der Waals surface area contributed by atoms with Crippen molar-refractivity contribution in [1.82, 2.24) is 15.1 Å². The zero-order valence-electron chi connectivity index (χ0n) is 9.78. The van der Waals surface area contributed by atoms with Crippen LogP contribution in [0.4, 0.5) is 0 Å². The molecular formula is C12H19N3O. The minimum absolute atomic E-state index is 0.207. The van der Waals surface area contributed by atoms with Gasteiger partial charge in [0.1, 0.15) is 5.78 Å². The predicted molar refractivity (Wildman–Crippen MR) is 62.2 cm³/mol. The molecule has 2 rings (SSSR count). The monoisotopic (exact) mass is 221 g/mol. The fourth-order valence-corrected chi connectivity index (χ4v) is 2.14. The Bertz CT molecular complexity index is 353. The van der Waals surface area contributed by atoms with Crippen LogP contribution in [0.2, 0.25) is 0 Å². The number of carbonyl (C=O) groups excluding carboxylic acids is 1. The number of nitrogens with one attached hydrogen (secondary N) is 1. The first-order chi connectivity index (χ1) is 7.79. The van der Waals surface area contributed by atoms with Crippen molar-refractivity contribution in [2.24, 2.45) is 5.92 Å². The molecule has 0 amide bonds. The third kappa shape index (κ3) is 2.70. The Balaban J connectivity index is 1.90. The predicted octanol–water partition coefficient (Wildman–Crippen LogP) is 1.01. The van der Waals surface area contributed by atoms with Crippen molar-refractivity contribution in [3.63, 3.8) is 0 Å². The van der Waals surface area contributed by atoms with Gasteiger partial charge in [-0.3, -0.25) is 9.48 Å². The van der Waals surface area contributed by atoms with Gasteiger partial charge in [-0.15, -0.1) is 0 Å². The molecule has 1 saturated heterocycles. The van der Waals surface area contributed by atoms with Crippen molar-refractivity contribution >= 4 is 5.78 Å². The van der Waals surface area contributed by atoms with Crippen molar-refractivity contribution in [2.45, 2.75) is 32.7 Å². The van der Waals surface area contributed by atoms with Crippen LogP contribution in [0.5, 0.6) is 0 Å². The minimum atomic E-state index is 0.207. The minimum Gasteiger partial charge on any atom is -0.316 e. The van der Waals surface area contributed by atoms with E-state index in [1.807, 2.05) is 17.8 Å². The first kappa shape index (κ1) is 11.3. The topological polar surface area (TPSA) is 46.9 Å². The average molecular weight is 221 g/mol. The zero-order valence-corrected chi connectivity index (χ0v) is 9.78. The van der Waals surface area contributed by atoms with Crippen LogP contribution in [0.15, 0.2) is 12.4 Å². The average Bonchev–Trinajstić information content (AvgIpc) is 2.78. The summed E-state index contributed by atoms with van der Waals surface area (Å²) in [6, 6.07) is 0. The molecule has 1 fully saturated rings. The second-order valence-corrected chi connectivity index (χ2v) is 4.39. The molecule has 1 N–H and O–H groups in total. The number of nitrogens with zero attached hydrogens (tertiary/aromatic N) is 2. The highest BCUT2D eigenvalue weighted by atomic mass is 16.1. The highest BCUT2D eigenvalue weighted by Crippen LogP contribution is 2.13. The van der Waals surface area contributed by atoms with Gasteiger partial charge in [0.2, 0.25) is 0 Å². The molecule has 1 aromatic heterocycles. The van der Waals surface area contributed by atoms with E-state index >= 15 is 0 Å². The van der Waals surface area contributed by atoms with Crippen molar-refractivity contribution in [1.29, 1.82) is 0 Å². The normalized spacial score (nSPS) is 20.9. The van der Waals surface area contributed by atoms with E-state index in [4.69, 9.17) is 0 Å². The Morgan fingerprint density at radius 1 is 1.69 bits per heavy atom. The summed E-state index contributed by atoms with van der Waals surface area (Å²) in [5.41, 5.74) is 1.04. The van der Waals surface area contributed by atoms with Crippen molar-refractivity contribution in [3.8, 4) is 0 Å². The molecule has 1 atom stereocenters. The SMILES string of the molecule is CCn1cc(CC(=O)C2CCCNC2)cn1. The number of hydrogen-bond donors (Lipinski definition) is 1. The Morgan fingerprint density at radius 2 is 2.56 bits per heavy atom. The molecule has 0 spiro atoms. The van der Waals surface area contributed by atoms with Gasteiger partial charge in [0.25, 0.3) is 0 Å². The van der Waals surface area contributed by atoms with E-state index in [2.05, 4.69) is 10.4 Å². The molecule has 1 aromatic rings. The van der Waals surface area contributed by atoms with Gasteiger partial charge in [0, 0.05) is 31.6 Å². The Hall–Kier alpha value is -1.16. The van der Waals surface area contributed by atoms with Gasteiger partial charge in [-0.25, -0.2) is 0 Å². The van der Waals surface area contributed by atoms with Crippen LogP contribution in [0.3, 0.4) is 0 Å². The van der Waals surface area contributed by atoms with Crippen molar-refractivity contribution in [2.75, 3.05) is 13.1 Å². The highest BCUT2D eigenvalue weighted by Gasteiger charge is 2.21. The summed E-state index contributed by atoms with van der Waals surface area (Å²) in [7, 11) is 0. The van der Waals surface area contributed by atoms with Gasteiger partial charge in [0.15, 0.2) is 0 Å². The van der Waals surface area contributed by atoms with Gasteiger partial charge in [-0.1, -0.05) is 0 Å². The quantitative estimate of drug-likeness (QED) is 0.825. The molecule has 0 aliphatic carbocycles. The third-order valence-electron chi connectivity index (χ3n) is 3.14. The lowest BCUT2D eigenvalue weighted by Gasteiger charge is -2.21. The number of ketones is 1. The van der Waals surface area contributed by atoms with E-state index in [0.717, 1.165) is 38.0 Å². The number of aromatic nitrogens is 2. The maximum Gasteiger partial charge on any atom is 0.141 e. The number of piperidine rings is 1. The number of hydrogen-bond acceptors (Lipinski definition) is 3. The molecule has 1 unspecified atom stereocenters. The Morgan fingerprint density at radius 3 is 3.19 bits per heavy atom. The molecule has 4 nitrogen and oxygen atoms in total. The second kappa shape index (κ2) is 5.25. The van der Waals surface area contributed by atoms with Gasteiger partial charge in [-0.05, 0) is 31.9 Å². The van der Waals surface area contributed by atoms with E-state index < -0.39 is 0 Å². The van der Waals surface area contributed by atoms with Crippen molar-refractivity contribution < 1.29 is 4.79 Å². The van der Waals surface area contributed by atoms with Gasteiger partial charge >= 0.3 is 0 Å². The van der Waals surface area contributed by atoms with E-state index in [1.165, 1.54) is 0 Å². The molecule has 1 aliphatic heterocycles. The van der Waals surface area contributed by atoms with Crippen LogP contribution in [0, 0.1) is 5.92 Å². The smallest absolute Gasteiger partial charge is 0.141 e. The first-order valence-corrected chi connectivity index (χ1v) is 6.04. The Kier molecular flexibility index (Phi) is 3.72. The fourth-order valence-electron chi connectivity index (χ4n) is 2.14. The molecule has 4 heteroatoms. The summed E-state index contributed by atoms with van der Waals surface area (Å²) in [5, 5.41) is 7.46. The molecule has 0 radical (unpaired) electrons. The zero-order chi connectivity index (χ0) is 11.4. The third-order valence-corrected chi connectivity index (χ3v) is 3.14. The summed E-state index contributed by atoms with van der Waals surface area (Å²) < 4.78 is 1.86.